The van der Waals surface area contributed by atoms with Gasteiger partial charge in [-0.3, -0.25) is 0 Å². The summed E-state index contributed by atoms with van der Waals surface area (Å²) in [5, 5.41) is 16.6. The molecule has 226 valence electrons. The fourth-order valence-corrected chi connectivity index (χ4v) is 8.94. The summed E-state index contributed by atoms with van der Waals surface area (Å²) in [6.07, 6.45) is 0. The highest BCUT2D eigenvalue weighted by Crippen LogP contribution is 2.46. The van der Waals surface area contributed by atoms with Crippen molar-refractivity contribution in [2.24, 2.45) is 0 Å². The van der Waals surface area contributed by atoms with E-state index in [1.165, 1.54) is 20.9 Å². The molecule has 0 N–H and O–H groups in total. The molecule has 49 heavy (non-hydrogen) atoms. The van der Waals surface area contributed by atoms with Gasteiger partial charge in [0.2, 0.25) is 5.69 Å². The Bertz CT molecular complexity index is 3090. The van der Waals surface area contributed by atoms with Gasteiger partial charge in [-0.05, 0) is 82.6 Å². The molecule has 0 aliphatic carbocycles. The first-order valence-electron chi connectivity index (χ1n) is 16.1. The minimum Gasteiger partial charge on any atom is -0.309 e. The molecule has 0 atom stereocenters. The van der Waals surface area contributed by atoms with Crippen LogP contribution in [0.25, 0.3) is 91.1 Å². The first-order valence-corrected chi connectivity index (χ1v) is 16.9. The number of hydrogen-bond donors (Lipinski definition) is 0. The third-order valence-electron chi connectivity index (χ3n) is 9.74. The summed E-state index contributed by atoms with van der Waals surface area (Å²) in [5.74, 6) is 0. The van der Waals surface area contributed by atoms with Crippen LogP contribution in [0.3, 0.4) is 0 Å². The van der Waals surface area contributed by atoms with Crippen LogP contribution in [-0.2, 0) is 0 Å². The first-order chi connectivity index (χ1) is 24.2. The molecule has 10 aromatic rings. The zero-order valence-electron chi connectivity index (χ0n) is 26.1. The second-order valence-corrected chi connectivity index (χ2v) is 13.4. The number of rotatable bonds is 3. The van der Waals surface area contributed by atoms with E-state index in [4.69, 9.17) is 6.57 Å². The molecule has 4 nitrogen and oxygen atoms in total. The van der Waals surface area contributed by atoms with Crippen molar-refractivity contribution in [3.8, 4) is 28.6 Å². The van der Waals surface area contributed by atoms with Gasteiger partial charge in [0.05, 0.1) is 40.3 Å². The van der Waals surface area contributed by atoms with Gasteiger partial charge in [-0.1, -0.05) is 84.9 Å². The Kier molecular flexibility index (Phi) is 5.84. The third kappa shape index (κ3) is 3.95. The highest BCUT2D eigenvalue weighted by molar-refractivity contribution is 7.27. The number of para-hydroxylation sites is 2. The van der Waals surface area contributed by atoms with E-state index < -0.39 is 0 Å². The summed E-state index contributed by atoms with van der Waals surface area (Å²) in [4.78, 5) is 3.83. The molecule has 3 heterocycles. The van der Waals surface area contributed by atoms with Crippen molar-refractivity contribution in [3.63, 3.8) is 0 Å². The largest absolute Gasteiger partial charge is 0.309 e. The lowest BCUT2D eigenvalue weighted by Crippen LogP contribution is -1.96. The van der Waals surface area contributed by atoms with Crippen LogP contribution in [0.4, 0.5) is 5.69 Å². The maximum atomic E-state index is 9.59. The predicted molar refractivity (Wildman–Crippen MR) is 204 cm³/mol. The summed E-state index contributed by atoms with van der Waals surface area (Å²) in [6, 6.07) is 53.3. The molecule has 0 bridgehead atoms. The fraction of sp³-hybridized carbons (Fsp3) is 0. The molecule has 3 aromatic heterocycles. The van der Waals surface area contributed by atoms with E-state index in [9.17, 15) is 5.26 Å². The van der Waals surface area contributed by atoms with E-state index in [2.05, 4.69) is 141 Å². The number of thiophene rings is 1. The fourth-order valence-electron chi connectivity index (χ4n) is 7.63. The lowest BCUT2D eigenvalue weighted by molar-refractivity contribution is 1.17. The summed E-state index contributed by atoms with van der Waals surface area (Å²) in [5.41, 5.74) is 10.3. The highest BCUT2D eigenvalue weighted by Gasteiger charge is 2.19. The molecule has 0 amide bonds. The van der Waals surface area contributed by atoms with Gasteiger partial charge in [0, 0.05) is 42.3 Å². The Morgan fingerprint density at radius 3 is 1.84 bits per heavy atom. The van der Waals surface area contributed by atoms with Crippen molar-refractivity contribution in [2.75, 3.05) is 0 Å². The van der Waals surface area contributed by atoms with Crippen LogP contribution in [0.2, 0.25) is 0 Å². The molecule has 0 spiro atoms. The van der Waals surface area contributed by atoms with Gasteiger partial charge in [-0.25, -0.2) is 4.85 Å². The molecule has 7 aromatic carbocycles. The maximum absolute atomic E-state index is 9.59. The summed E-state index contributed by atoms with van der Waals surface area (Å²) in [7, 11) is 0. The number of hydrogen-bond acceptors (Lipinski definition) is 2. The van der Waals surface area contributed by atoms with Crippen molar-refractivity contribution in [3.05, 3.63) is 163 Å². The molecule has 5 heteroatoms. The lowest BCUT2D eigenvalue weighted by Gasteiger charge is -2.13. The monoisotopic (exact) mass is 640 g/mol. The lowest BCUT2D eigenvalue weighted by atomic mass is 10.0. The van der Waals surface area contributed by atoms with E-state index in [-0.39, 0.29) is 0 Å². The number of nitriles is 1. The van der Waals surface area contributed by atoms with Gasteiger partial charge in [0.25, 0.3) is 0 Å². The van der Waals surface area contributed by atoms with Gasteiger partial charge in [-0.2, -0.15) is 5.26 Å². The van der Waals surface area contributed by atoms with E-state index >= 15 is 0 Å². The van der Waals surface area contributed by atoms with E-state index in [0.29, 0.717) is 11.3 Å². The van der Waals surface area contributed by atoms with Crippen LogP contribution in [0, 0.1) is 17.9 Å². The second-order valence-electron chi connectivity index (χ2n) is 12.4. The smallest absolute Gasteiger partial charge is 0.204 e. The van der Waals surface area contributed by atoms with Gasteiger partial charge < -0.3 is 9.13 Å². The van der Waals surface area contributed by atoms with Crippen LogP contribution in [0.1, 0.15) is 5.56 Å². The van der Waals surface area contributed by atoms with Crippen molar-refractivity contribution in [1.82, 2.24) is 9.13 Å². The molecule has 0 saturated carbocycles. The molecule has 0 saturated heterocycles. The van der Waals surface area contributed by atoms with Crippen molar-refractivity contribution in [1.29, 1.82) is 5.26 Å². The molecular weight excluding hydrogens is 617 g/mol. The summed E-state index contributed by atoms with van der Waals surface area (Å²) >= 11 is 1.72. The van der Waals surface area contributed by atoms with E-state index in [0.717, 1.165) is 65.4 Å². The number of fused-ring (bicyclic) bond motifs is 10. The molecule has 10 rings (SSSR count). The maximum Gasteiger partial charge on any atom is 0.204 e. The van der Waals surface area contributed by atoms with Gasteiger partial charge in [-0.15, -0.1) is 11.3 Å². The Hall–Kier alpha value is -6.66. The average molecular weight is 641 g/mol. The molecule has 0 unspecified atom stereocenters. The summed E-state index contributed by atoms with van der Waals surface area (Å²) in [6.45, 7) is 7.76. The van der Waals surface area contributed by atoms with E-state index in [1.807, 2.05) is 24.3 Å². The molecule has 0 radical (unpaired) electrons. The average Bonchev–Trinajstić information content (AvgIpc) is 3.82. The Morgan fingerprint density at radius 2 is 1.10 bits per heavy atom. The van der Waals surface area contributed by atoms with Gasteiger partial charge in [0.1, 0.15) is 0 Å². The predicted octanol–water partition coefficient (Wildman–Crippen LogP) is 12.3. The molecular formula is C44H24N4S. The summed E-state index contributed by atoms with van der Waals surface area (Å²) < 4.78 is 6.93. The van der Waals surface area contributed by atoms with Crippen molar-refractivity contribution >= 4 is 80.8 Å². The standard InChI is InChI=1S/C44H24N4S/c1-46-37-16-8-15-33-34-20-22-41-42(44(34)49-43(33)37)35-14-3-5-18-39(35)48(41)31-12-7-10-29(25-31)28-9-6-11-30(24-28)47-38-17-4-2-13-32(38)36-23-27(26-45)19-21-40(36)47/h2-25H. The Balaban J connectivity index is 1.17. The van der Waals surface area contributed by atoms with Crippen LogP contribution in [0.5, 0.6) is 0 Å². The van der Waals surface area contributed by atoms with Crippen LogP contribution >= 0.6 is 11.3 Å². The zero-order chi connectivity index (χ0) is 32.6. The third-order valence-corrected chi connectivity index (χ3v) is 11.0. The first kappa shape index (κ1) is 27.5. The van der Waals surface area contributed by atoms with Crippen molar-refractivity contribution in [2.45, 2.75) is 0 Å². The minimum atomic E-state index is 0.659. The van der Waals surface area contributed by atoms with E-state index in [1.54, 1.807) is 11.3 Å². The number of benzene rings is 7. The zero-order valence-corrected chi connectivity index (χ0v) is 26.9. The van der Waals surface area contributed by atoms with Crippen LogP contribution in [-0.4, -0.2) is 9.13 Å². The Morgan fingerprint density at radius 1 is 0.510 bits per heavy atom. The minimum absolute atomic E-state index is 0.659. The van der Waals surface area contributed by atoms with Gasteiger partial charge in [0.15, 0.2) is 0 Å². The number of nitrogens with zero attached hydrogens (tertiary/aromatic N) is 4. The van der Waals surface area contributed by atoms with Crippen LogP contribution in [0.15, 0.2) is 146 Å². The van der Waals surface area contributed by atoms with Crippen molar-refractivity contribution < 1.29 is 0 Å². The molecule has 0 aliphatic rings. The van der Waals surface area contributed by atoms with Crippen LogP contribution < -0.4 is 0 Å². The Labute approximate surface area is 285 Å². The quantitative estimate of drug-likeness (QED) is 0.177. The molecule has 0 fully saturated rings. The topological polar surface area (TPSA) is 38.0 Å². The molecule has 0 aliphatic heterocycles. The van der Waals surface area contributed by atoms with Gasteiger partial charge >= 0.3 is 0 Å². The highest BCUT2D eigenvalue weighted by atomic mass is 32.1. The normalized spacial score (nSPS) is 11.6. The second kappa shape index (κ2) is 10.4. The number of aromatic nitrogens is 2. The SMILES string of the molecule is [C-]#[N+]c1cccc2c1sc1c2ccc2c1c1ccccc1n2-c1cccc(-c2cccc(-n3c4ccccc4c4cc(C#N)ccc43)c2)c1.